The topological polar surface area (TPSA) is 111 Å². The highest BCUT2D eigenvalue weighted by Crippen LogP contribution is 2.29. The molecule has 0 radical (unpaired) electrons. The smallest absolute Gasteiger partial charge is 0.255 e. The number of aryl methyl sites for hydroxylation is 2. The zero-order valence-corrected chi connectivity index (χ0v) is 19.3. The molecule has 3 aromatic rings. The lowest BCUT2D eigenvalue weighted by atomic mass is 10.2. The van der Waals surface area contributed by atoms with E-state index in [0.29, 0.717) is 22.8 Å². The lowest BCUT2D eigenvalue weighted by Crippen LogP contribution is -2.22. The van der Waals surface area contributed by atoms with Gasteiger partial charge in [0.25, 0.3) is 5.91 Å². The number of amides is 1. The molecular formula is C22H25N3O6S. The first-order valence-electron chi connectivity index (χ1n) is 9.70. The maximum absolute atomic E-state index is 12.9. The number of sulfonamides is 1. The van der Waals surface area contributed by atoms with E-state index in [1.807, 2.05) is 6.92 Å². The molecule has 1 amide bonds. The van der Waals surface area contributed by atoms with E-state index in [1.165, 1.54) is 39.4 Å². The molecular weight excluding hydrogens is 434 g/mol. The third-order valence-electron chi connectivity index (χ3n) is 4.86. The van der Waals surface area contributed by atoms with E-state index in [-0.39, 0.29) is 17.2 Å². The molecule has 0 spiro atoms. The van der Waals surface area contributed by atoms with Gasteiger partial charge in [0.2, 0.25) is 10.0 Å². The van der Waals surface area contributed by atoms with Crippen molar-refractivity contribution < 1.29 is 27.2 Å². The Morgan fingerprint density at radius 1 is 1.16 bits per heavy atom. The summed E-state index contributed by atoms with van der Waals surface area (Å²) < 4.78 is 42.2. The maximum Gasteiger partial charge on any atom is 0.255 e. The van der Waals surface area contributed by atoms with E-state index in [1.54, 1.807) is 31.2 Å². The van der Waals surface area contributed by atoms with E-state index < -0.39 is 15.9 Å². The molecule has 3 rings (SSSR count). The fourth-order valence-electron chi connectivity index (χ4n) is 2.94. The van der Waals surface area contributed by atoms with Crippen LogP contribution in [0.4, 0.5) is 5.69 Å². The molecule has 9 nitrogen and oxygen atoms in total. The summed E-state index contributed by atoms with van der Waals surface area (Å²) in [5, 5.41) is 6.61. The van der Waals surface area contributed by atoms with Crippen molar-refractivity contribution in [3.8, 4) is 11.5 Å². The highest BCUT2D eigenvalue weighted by molar-refractivity contribution is 7.89. The van der Waals surface area contributed by atoms with Gasteiger partial charge in [-0.05, 0) is 50.2 Å². The van der Waals surface area contributed by atoms with E-state index in [4.69, 9.17) is 14.0 Å². The Kier molecular flexibility index (Phi) is 6.85. The SMILES string of the molecule is COc1ccc(S(=O)(=O)N(C)C)cc1NC(=O)c1cccc(OCc2c(C)noc2C)c1. The quantitative estimate of drug-likeness (QED) is 0.550. The van der Waals surface area contributed by atoms with Crippen LogP contribution in [-0.2, 0) is 16.6 Å². The van der Waals surface area contributed by atoms with Crippen LogP contribution in [0.1, 0.15) is 27.4 Å². The fourth-order valence-corrected chi connectivity index (χ4v) is 3.87. The van der Waals surface area contributed by atoms with Crippen molar-refractivity contribution in [2.24, 2.45) is 0 Å². The lowest BCUT2D eigenvalue weighted by molar-refractivity contribution is 0.102. The molecule has 0 saturated carbocycles. The second-order valence-electron chi connectivity index (χ2n) is 7.22. The number of anilines is 1. The molecule has 2 aromatic carbocycles. The van der Waals surface area contributed by atoms with Gasteiger partial charge in [-0.3, -0.25) is 4.79 Å². The highest BCUT2D eigenvalue weighted by atomic mass is 32.2. The largest absolute Gasteiger partial charge is 0.495 e. The van der Waals surface area contributed by atoms with Gasteiger partial charge >= 0.3 is 0 Å². The molecule has 170 valence electrons. The van der Waals surface area contributed by atoms with Crippen LogP contribution in [0.3, 0.4) is 0 Å². The van der Waals surface area contributed by atoms with Crippen molar-refractivity contribution in [3.05, 3.63) is 65.0 Å². The number of benzene rings is 2. The molecule has 1 heterocycles. The lowest BCUT2D eigenvalue weighted by Gasteiger charge is -2.15. The Labute approximate surface area is 187 Å². The van der Waals surface area contributed by atoms with Crippen molar-refractivity contribution in [2.75, 3.05) is 26.5 Å². The Balaban J connectivity index is 1.81. The predicted molar refractivity (Wildman–Crippen MR) is 119 cm³/mol. The number of aromatic nitrogens is 1. The molecule has 1 aromatic heterocycles. The standard InChI is InChI=1S/C22H25N3O6S/c1-14-19(15(2)31-24-14)13-30-17-8-6-7-16(11-17)22(26)23-20-12-18(9-10-21(20)29-5)32(27,28)25(3)4/h6-12H,13H2,1-5H3,(H,23,26). The zero-order valence-electron chi connectivity index (χ0n) is 18.5. The van der Waals surface area contributed by atoms with Crippen LogP contribution >= 0.6 is 0 Å². The van der Waals surface area contributed by atoms with E-state index in [0.717, 1.165) is 15.6 Å². The van der Waals surface area contributed by atoms with Crippen LogP contribution in [-0.4, -0.2) is 45.0 Å². The first-order chi connectivity index (χ1) is 15.1. The van der Waals surface area contributed by atoms with Crippen LogP contribution < -0.4 is 14.8 Å². The van der Waals surface area contributed by atoms with E-state index in [2.05, 4.69) is 10.5 Å². The van der Waals surface area contributed by atoms with Crippen molar-refractivity contribution in [2.45, 2.75) is 25.3 Å². The number of carbonyl (C=O) groups is 1. The van der Waals surface area contributed by atoms with Crippen LogP contribution in [0.15, 0.2) is 51.9 Å². The van der Waals surface area contributed by atoms with Gasteiger partial charge in [0, 0.05) is 19.7 Å². The van der Waals surface area contributed by atoms with Crippen molar-refractivity contribution >= 4 is 21.6 Å². The number of hydrogen-bond acceptors (Lipinski definition) is 7. The van der Waals surface area contributed by atoms with Gasteiger partial charge in [-0.2, -0.15) is 0 Å². The monoisotopic (exact) mass is 459 g/mol. The first-order valence-corrected chi connectivity index (χ1v) is 11.1. The van der Waals surface area contributed by atoms with Gasteiger partial charge in [-0.1, -0.05) is 11.2 Å². The van der Waals surface area contributed by atoms with E-state index >= 15 is 0 Å². The summed E-state index contributed by atoms with van der Waals surface area (Å²) in [7, 11) is 0.638. The molecule has 0 aliphatic heterocycles. The molecule has 1 N–H and O–H groups in total. The van der Waals surface area contributed by atoms with Gasteiger partial charge in [0.1, 0.15) is 23.9 Å². The number of carbonyl (C=O) groups excluding carboxylic acids is 1. The van der Waals surface area contributed by atoms with Crippen LogP contribution in [0.25, 0.3) is 0 Å². The summed E-state index contributed by atoms with van der Waals surface area (Å²) in [5.74, 6) is 1.07. The molecule has 10 heteroatoms. The predicted octanol–water partition coefficient (Wildman–Crippen LogP) is 3.38. The minimum Gasteiger partial charge on any atom is -0.495 e. The number of nitrogens with one attached hydrogen (secondary N) is 1. The van der Waals surface area contributed by atoms with Crippen molar-refractivity contribution in [3.63, 3.8) is 0 Å². The van der Waals surface area contributed by atoms with Crippen LogP contribution in [0, 0.1) is 13.8 Å². The minimum absolute atomic E-state index is 0.0372. The zero-order chi connectivity index (χ0) is 23.5. The number of methoxy groups -OCH3 is 1. The highest BCUT2D eigenvalue weighted by Gasteiger charge is 2.20. The van der Waals surface area contributed by atoms with Gasteiger partial charge in [-0.25, -0.2) is 12.7 Å². The number of rotatable bonds is 8. The first kappa shape index (κ1) is 23.3. The van der Waals surface area contributed by atoms with E-state index in [9.17, 15) is 13.2 Å². The summed E-state index contributed by atoms with van der Waals surface area (Å²) in [6, 6.07) is 10.9. The van der Waals surface area contributed by atoms with Gasteiger partial charge in [0.15, 0.2) is 0 Å². The third kappa shape index (κ3) is 4.92. The average Bonchev–Trinajstić information content (AvgIpc) is 3.09. The van der Waals surface area contributed by atoms with Crippen LogP contribution in [0.5, 0.6) is 11.5 Å². The summed E-state index contributed by atoms with van der Waals surface area (Å²) in [5.41, 5.74) is 2.17. The number of nitrogens with zero attached hydrogens (tertiary/aromatic N) is 2. The molecule has 0 aliphatic carbocycles. The summed E-state index contributed by atoms with van der Waals surface area (Å²) >= 11 is 0. The Bertz CT molecular complexity index is 1210. The molecule has 0 atom stereocenters. The second kappa shape index (κ2) is 9.41. The van der Waals surface area contributed by atoms with Crippen molar-refractivity contribution in [1.82, 2.24) is 9.46 Å². The summed E-state index contributed by atoms with van der Waals surface area (Å²) in [6.07, 6.45) is 0. The molecule has 0 fully saturated rings. The van der Waals surface area contributed by atoms with Gasteiger partial charge in [-0.15, -0.1) is 0 Å². The Morgan fingerprint density at radius 3 is 2.53 bits per heavy atom. The average molecular weight is 460 g/mol. The summed E-state index contributed by atoms with van der Waals surface area (Å²) in [4.78, 5) is 12.9. The molecule has 0 saturated heterocycles. The third-order valence-corrected chi connectivity index (χ3v) is 6.67. The molecule has 0 unspecified atom stereocenters. The summed E-state index contributed by atoms with van der Waals surface area (Å²) in [6.45, 7) is 3.89. The van der Waals surface area contributed by atoms with Crippen molar-refractivity contribution in [1.29, 1.82) is 0 Å². The maximum atomic E-state index is 12.9. The molecule has 0 aliphatic rings. The normalized spacial score (nSPS) is 11.4. The Hall–Kier alpha value is -3.37. The van der Waals surface area contributed by atoms with Crippen LogP contribution in [0.2, 0.25) is 0 Å². The Morgan fingerprint density at radius 2 is 1.91 bits per heavy atom. The second-order valence-corrected chi connectivity index (χ2v) is 9.37. The van der Waals surface area contributed by atoms with Gasteiger partial charge < -0.3 is 19.3 Å². The fraction of sp³-hybridized carbons (Fsp3) is 0.273. The number of ether oxygens (including phenoxy) is 2. The molecule has 32 heavy (non-hydrogen) atoms. The molecule has 0 bridgehead atoms. The van der Waals surface area contributed by atoms with Gasteiger partial charge in [0.05, 0.1) is 29.0 Å². The number of hydrogen-bond donors (Lipinski definition) is 1. The minimum atomic E-state index is -3.67.